The highest BCUT2D eigenvalue weighted by Gasteiger charge is 2.07. The number of ketones is 2. The van der Waals surface area contributed by atoms with Gasteiger partial charge in [0.25, 0.3) is 0 Å². The number of phenols is 1. The Morgan fingerprint density at radius 3 is 2.00 bits per heavy atom. The molecule has 0 fully saturated rings. The number of aromatic hydroxyl groups is 1. The van der Waals surface area contributed by atoms with Crippen LogP contribution in [0.1, 0.15) is 17.5 Å². The van der Waals surface area contributed by atoms with Gasteiger partial charge < -0.3 is 24.4 Å². The number of hydrogen-bond acceptors (Lipinski definition) is 7. The zero-order valence-corrected chi connectivity index (χ0v) is 16.8. The van der Waals surface area contributed by atoms with Crippen LogP contribution in [0.3, 0.4) is 0 Å². The molecule has 0 aromatic heterocycles. The summed E-state index contributed by atoms with van der Waals surface area (Å²) >= 11 is 0. The lowest BCUT2D eigenvalue weighted by atomic mass is 10.1. The lowest BCUT2D eigenvalue weighted by Gasteiger charge is -2.10. The molecule has 2 rings (SSSR count). The maximum Gasteiger partial charge on any atom is 0.163 e. The van der Waals surface area contributed by atoms with Gasteiger partial charge in [0.2, 0.25) is 0 Å². The molecule has 0 unspecified atom stereocenters. The minimum absolute atomic E-state index is 0.00548. The summed E-state index contributed by atoms with van der Waals surface area (Å²) in [6.07, 6.45) is 5.52. The molecule has 0 aliphatic carbocycles. The summed E-state index contributed by atoms with van der Waals surface area (Å²) < 4.78 is 15.6. The standard InChI is InChI=1S/C23H24O7/c1-28-22-13-16(5-9-20(22)27)3-7-18(25)15-19(26)8-4-17-6-10-21(30-12-11-24)23(14-17)29-2/h3-10,13-14,24,27H,11-12,15H2,1-2H3. The lowest BCUT2D eigenvalue weighted by Crippen LogP contribution is -2.03. The molecule has 0 atom stereocenters. The normalized spacial score (nSPS) is 11.0. The Hall–Kier alpha value is -3.58. The number of allylic oxidation sites excluding steroid dienone is 2. The van der Waals surface area contributed by atoms with E-state index in [9.17, 15) is 14.7 Å². The summed E-state index contributed by atoms with van der Waals surface area (Å²) in [7, 11) is 2.93. The number of rotatable bonds is 11. The molecule has 0 bridgehead atoms. The highest BCUT2D eigenvalue weighted by molar-refractivity contribution is 6.10. The Balaban J connectivity index is 1.96. The monoisotopic (exact) mass is 412 g/mol. The molecule has 0 amide bonds. The van der Waals surface area contributed by atoms with Crippen LogP contribution in [0.4, 0.5) is 0 Å². The number of carbonyl (C=O) groups is 2. The summed E-state index contributed by atoms with van der Waals surface area (Å²) in [6, 6.07) is 9.78. The number of ether oxygens (including phenoxy) is 3. The molecule has 158 valence electrons. The van der Waals surface area contributed by atoms with Crippen molar-refractivity contribution in [2.45, 2.75) is 6.42 Å². The van der Waals surface area contributed by atoms with Crippen molar-refractivity contribution in [2.24, 2.45) is 0 Å². The first-order valence-corrected chi connectivity index (χ1v) is 9.17. The lowest BCUT2D eigenvalue weighted by molar-refractivity contribution is -0.121. The van der Waals surface area contributed by atoms with E-state index in [0.717, 1.165) is 0 Å². The topological polar surface area (TPSA) is 102 Å². The number of phenolic OH excluding ortho intramolecular Hbond substituents is 1. The van der Waals surface area contributed by atoms with Gasteiger partial charge in [0.15, 0.2) is 34.6 Å². The quantitative estimate of drug-likeness (QED) is 0.432. The molecule has 0 spiro atoms. The van der Waals surface area contributed by atoms with Crippen molar-refractivity contribution in [3.63, 3.8) is 0 Å². The Morgan fingerprint density at radius 2 is 1.43 bits per heavy atom. The molecule has 0 saturated heterocycles. The first-order valence-electron chi connectivity index (χ1n) is 9.17. The SMILES string of the molecule is COc1cc(C=CC(=O)CC(=O)C=Cc2ccc(OCCO)c(OC)c2)ccc1O. The molecule has 2 aromatic carbocycles. The Bertz CT molecular complexity index is 945. The van der Waals surface area contributed by atoms with Gasteiger partial charge in [-0.3, -0.25) is 9.59 Å². The maximum atomic E-state index is 12.1. The van der Waals surface area contributed by atoms with Gasteiger partial charge in [0.1, 0.15) is 6.61 Å². The van der Waals surface area contributed by atoms with Crippen molar-refractivity contribution >= 4 is 23.7 Å². The van der Waals surface area contributed by atoms with Crippen LogP contribution in [0.5, 0.6) is 23.0 Å². The van der Waals surface area contributed by atoms with Crippen LogP contribution in [-0.4, -0.2) is 49.2 Å². The van der Waals surface area contributed by atoms with Gasteiger partial charge in [-0.15, -0.1) is 0 Å². The van der Waals surface area contributed by atoms with E-state index in [1.165, 1.54) is 32.4 Å². The van der Waals surface area contributed by atoms with Crippen LogP contribution in [0, 0.1) is 0 Å². The Kier molecular flexibility index (Phi) is 8.65. The van der Waals surface area contributed by atoms with Crippen LogP contribution in [-0.2, 0) is 9.59 Å². The molecule has 2 N–H and O–H groups in total. The molecule has 0 saturated carbocycles. The number of benzene rings is 2. The predicted molar refractivity (Wildman–Crippen MR) is 113 cm³/mol. The molecule has 0 aliphatic rings. The van der Waals surface area contributed by atoms with E-state index < -0.39 is 0 Å². The summed E-state index contributed by atoms with van der Waals surface area (Å²) in [5, 5.41) is 18.4. The van der Waals surface area contributed by atoms with Crippen molar-refractivity contribution in [3.8, 4) is 23.0 Å². The zero-order valence-electron chi connectivity index (χ0n) is 16.8. The molecule has 0 radical (unpaired) electrons. The summed E-state index contributed by atoms with van der Waals surface area (Å²) in [5.74, 6) is 0.579. The minimum Gasteiger partial charge on any atom is -0.504 e. The summed E-state index contributed by atoms with van der Waals surface area (Å²) in [5.41, 5.74) is 1.37. The fourth-order valence-corrected chi connectivity index (χ4v) is 2.53. The molecule has 0 aliphatic heterocycles. The van der Waals surface area contributed by atoms with E-state index in [2.05, 4.69) is 0 Å². The van der Waals surface area contributed by atoms with E-state index in [1.807, 2.05) is 0 Å². The van der Waals surface area contributed by atoms with Crippen LogP contribution >= 0.6 is 0 Å². The third kappa shape index (κ3) is 6.79. The average molecular weight is 412 g/mol. The van der Waals surface area contributed by atoms with Gasteiger partial charge in [-0.1, -0.05) is 24.3 Å². The second-order valence-electron chi connectivity index (χ2n) is 6.19. The Morgan fingerprint density at radius 1 is 0.867 bits per heavy atom. The molecule has 7 heteroatoms. The van der Waals surface area contributed by atoms with Gasteiger partial charge in [-0.25, -0.2) is 0 Å². The summed E-state index contributed by atoms with van der Waals surface area (Å²) in [4.78, 5) is 24.1. The highest BCUT2D eigenvalue weighted by Crippen LogP contribution is 2.28. The number of hydrogen-bond donors (Lipinski definition) is 2. The third-order valence-electron chi connectivity index (χ3n) is 4.01. The highest BCUT2D eigenvalue weighted by atomic mass is 16.5. The number of aliphatic hydroxyl groups excluding tert-OH is 1. The van der Waals surface area contributed by atoms with Crippen molar-refractivity contribution in [1.82, 2.24) is 0 Å². The molecular formula is C23H24O7. The van der Waals surface area contributed by atoms with E-state index in [-0.39, 0.29) is 37.0 Å². The average Bonchev–Trinajstić information content (AvgIpc) is 2.75. The van der Waals surface area contributed by atoms with Crippen LogP contribution < -0.4 is 14.2 Å². The van der Waals surface area contributed by atoms with Gasteiger partial charge in [0.05, 0.1) is 27.2 Å². The van der Waals surface area contributed by atoms with Gasteiger partial charge >= 0.3 is 0 Å². The van der Waals surface area contributed by atoms with E-state index in [4.69, 9.17) is 19.3 Å². The van der Waals surface area contributed by atoms with E-state index in [0.29, 0.717) is 28.4 Å². The fourth-order valence-electron chi connectivity index (χ4n) is 2.53. The fraction of sp³-hybridized carbons (Fsp3) is 0.217. The largest absolute Gasteiger partial charge is 0.504 e. The van der Waals surface area contributed by atoms with Crippen LogP contribution in [0.15, 0.2) is 48.6 Å². The Labute approximate surface area is 174 Å². The van der Waals surface area contributed by atoms with Crippen molar-refractivity contribution < 1.29 is 34.0 Å². The molecule has 30 heavy (non-hydrogen) atoms. The van der Waals surface area contributed by atoms with Crippen LogP contribution in [0.2, 0.25) is 0 Å². The first kappa shape index (κ1) is 22.7. The minimum atomic E-state index is -0.345. The van der Waals surface area contributed by atoms with Crippen LogP contribution in [0.25, 0.3) is 12.2 Å². The molecule has 7 nitrogen and oxygen atoms in total. The van der Waals surface area contributed by atoms with Crippen molar-refractivity contribution in [3.05, 3.63) is 59.7 Å². The third-order valence-corrected chi connectivity index (χ3v) is 4.01. The smallest absolute Gasteiger partial charge is 0.163 e. The number of carbonyl (C=O) groups excluding carboxylic acids is 2. The number of aliphatic hydroxyl groups is 1. The molecule has 2 aromatic rings. The van der Waals surface area contributed by atoms with Gasteiger partial charge in [-0.05, 0) is 47.5 Å². The van der Waals surface area contributed by atoms with E-state index in [1.54, 1.807) is 42.5 Å². The number of methoxy groups -OCH3 is 2. The summed E-state index contributed by atoms with van der Waals surface area (Å²) in [6.45, 7) is 0.0403. The molecular weight excluding hydrogens is 388 g/mol. The maximum absolute atomic E-state index is 12.1. The van der Waals surface area contributed by atoms with Crippen molar-refractivity contribution in [2.75, 3.05) is 27.4 Å². The molecule has 0 heterocycles. The first-order chi connectivity index (χ1) is 14.5. The van der Waals surface area contributed by atoms with Gasteiger partial charge in [0, 0.05) is 0 Å². The zero-order chi connectivity index (χ0) is 21.9. The van der Waals surface area contributed by atoms with Gasteiger partial charge in [-0.2, -0.15) is 0 Å². The van der Waals surface area contributed by atoms with Crippen molar-refractivity contribution in [1.29, 1.82) is 0 Å². The second-order valence-corrected chi connectivity index (χ2v) is 6.19. The van der Waals surface area contributed by atoms with E-state index >= 15 is 0 Å². The second kappa shape index (κ2) is 11.4. The predicted octanol–water partition coefficient (Wildman–Crippen LogP) is 3.04.